The molecule has 0 atom stereocenters. The van der Waals surface area contributed by atoms with Crippen molar-refractivity contribution >= 4 is 38.0 Å². The van der Waals surface area contributed by atoms with Gasteiger partial charge in [0.2, 0.25) is 6.41 Å². The molecule has 0 spiro atoms. The minimum absolute atomic E-state index is 0.904. The minimum atomic E-state index is 0.904. The Labute approximate surface area is 97.9 Å². The summed E-state index contributed by atoms with van der Waals surface area (Å²) in [4.78, 5) is 10.7. The summed E-state index contributed by atoms with van der Waals surface area (Å²) in [6.07, 6.45) is 8.74. The van der Waals surface area contributed by atoms with Crippen molar-refractivity contribution < 1.29 is 4.79 Å². The van der Waals surface area contributed by atoms with Gasteiger partial charge in [0.1, 0.15) is 0 Å². The van der Waals surface area contributed by atoms with E-state index in [-0.39, 0.29) is 0 Å². The fraction of sp³-hybridized carbons (Fsp3) is 0.889. The summed E-state index contributed by atoms with van der Waals surface area (Å²) < 4.78 is 1.80. The smallest absolute Gasteiger partial charge is 0.220 e. The lowest BCUT2D eigenvalue weighted by Crippen LogP contribution is -2.13. The Morgan fingerprint density at radius 3 is 2.50 bits per heavy atom. The quantitative estimate of drug-likeness (QED) is 0.402. The second-order valence-corrected chi connectivity index (χ2v) is 7.52. The second-order valence-electron chi connectivity index (χ2n) is 3.33. The maximum Gasteiger partial charge on any atom is 0.220 e. The average molecular weight is 251 g/mol. The van der Waals surface area contributed by atoms with Crippen LogP contribution < -0.4 is 0 Å². The number of nitrogens with zero attached hydrogens (tertiary/aromatic N) is 1. The topological polar surface area (TPSA) is 20.3 Å². The number of hydrogen-bond donors (Lipinski definition) is 0. The van der Waals surface area contributed by atoms with Gasteiger partial charge in [-0.2, -0.15) is 0 Å². The molecule has 1 heterocycles. The van der Waals surface area contributed by atoms with E-state index in [1.807, 2.05) is 10.8 Å². The maximum atomic E-state index is 10.7. The molecule has 0 aromatic heterocycles. The van der Waals surface area contributed by atoms with Crippen LogP contribution in [-0.2, 0) is 4.79 Å². The van der Waals surface area contributed by atoms with Crippen molar-refractivity contribution in [3.8, 4) is 0 Å². The van der Waals surface area contributed by atoms with Gasteiger partial charge in [-0.15, -0.1) is 0 Å². The lowest BCUT2D eigenvalue weighted by atomic mass is 10.1. The lowest BCUT2D eigenvalue weighted by molar-refractivity contribution is -0.113. The minimum Gasteiger partial charge on any atom is -0.279 e. The molecule has 1 saturated heterocycles. The Morgan fingerprint density at radius 2 is 1.71 bits per heavy atom. The SMILES string of the molecule is O=CN1CCCCCCCCSSS1. The Kier molecular flexibility index (Phi) is 7.91. The van der Waals surface area contributed by atoms with E-state index in [1.165, 1.54) is 37.9 Å². The lowest BCUT2D eigenvalue weighted by Gasteiger charge is -2.15. The zero-order valence-electron chi connectivity index (χ0n) is 8.31. The van der Waals surface area contributed by atoms with Gasteiger partial charge in [0.25, 0.3) is 0 Å². The van der Waals surface area contributed by atoms with Crippen LogP contribution in [0.2, 0.25) is 0 Å². The molecule has 1 aliphatic rings. The Bertz CT molecular complexity index is 145. The van der Waals surface area contributed by atoms with Gasteiger partial charge in [-0.3, -0.25) is 9.10 Å². The zero-order valence-corrected chi connectivity index (χ0v) is 10.8. The second kappa shape index (κ2) is 8.80. The van der Waals surface area contributed by atoms with Crippen LogP contribution in [0.5, 0.6) is 0 Å². The van der Waals surface area contributed by atoms with E-state index in [1.54, 1.807) is 25.1 Å². The summed E-state index contributed by atoms with van der Waals surface area (Å²) in [5.41, 5.74) is 0. The summed E-state index contributed by atoms with van der Waals surface area (Å²) in [6, 6.07) is 0. The van der Waals surface area contributed by atoms with E-state index < -0.39 is 0 Å². The van der Waals surface area contributed by atoms with Crippen molar-refractivity contribution in [3.63, 3.8) is 0 Å². The van der Waals surface area contributed by atoms with Gasteiger partial charge >= 0.3 is 0 Å². The molecule has 0 saturated carbocycles. The van der Waals surface area contributed by atoms with Gasteiger partial charge in [0.05, 0.1) is 0 Å². The van der Waals surface area contributed by atoms with Crippen LogP contribution in [0.25, 0.3) is 0 Å². The van der Waals surface area contributed by atoms with Crippen molar-refractivity contribution in [3.05, 3.63) is 0 Å². The number of rotatable bonds is 1. The summed E-state index contributed by atoms with van der Waals surface area (Å²) in [5.74, 6) is 1.21. The molecule has 0 aliphatic carbocycles. The average Bonchev–Trinajstić information content (AvgIpc) is 2.19. The van der Waals surface area contributed by atoms with Gasteiger partial charge in [0.15, 0.2) is 0 Å². The molecule has 1 amide bonds. The summed E-state index contributed by atoms with van der Waals surface area (Å²) >= 11 is 0. The molecule has 14 heavy (non-hydrogen) atoms. The van der Waals surface area contributed by atoms with E-state index in [2.05, 4.69) is 0 Å². The molecule has 0 N–H and O–H groups in total. The van der Waals surface area contributed by atoms with E-state index in [4.69, 9.17) is 0 Å². The fourth-order valence-corrected chi connectivity index (χ4v) is 5.04. The first-order valence-electron chi connectivity index (χ1n) is 5.11. The van der Waals surface area contributed by atoms with Crippen molar-refractivity contribution in [1.29, 1.82) is 0 Å². The van der Waals surface area contributed by atoms with Crippen LogP contribution in [0.3, 0.4) is 0 Å². The van der Waals surface area contributed by atoms with E-state index >= 15 is 0 Å². The van der Waals surface area contributed by atoms with Crippen molar-refractivity contribution in [2.24, 2.45) is 0 Å². The number of carbonyl (C=O) groups is 1. The largest absolute Gasteiger partial charge is 0.279 e. The van der Waals surface area contributed by atoms with Crippen LogP contribution in [0, 0.1) is 0 Å². The molecule has 0 unspecified atom stereocenters. The summed E-state index contributed by atoms with van der Waals surface area (Å²) in [6.45, 7) is 0.904. The van der Waals surface area contributed by atoms with E-state index in [0.717, 1.165) is 19.4 Å². The molecule has 1 fully saturated rings. The van der Waals surface area contributed by atoms with E-state index in [9.17, 15) is 4.79 Å². The Hall–Kier alpha value is 0.520. The number of hydrogen-bond acceptors (Lipinski definition) is 4. The third-order valence-electron chi connectivity index (χ3n) is 2.15. The summed E-state index contributed by atoms with van der Waals surface area (Å²) in [7, 11) is 5.18. The Morgan fingerprint density at radius 1 is 1.00 bits per heavy atom. The van der Waals surface area contributed by atoms with Crippen LogP contribution in [0.15, 0.2) is 0 Å². The first-order valence-corrected chi connectivity index (χ1v) is 8.72. The third kappa shape index (κ3) is 6.09. The highest BCUT2D eigenvalue weighted by Gasteiger charge is 2.04. The highest BCUT2D eigenvalue weighted by molar-refractivity contribution is 9.09. The van der Waals surface area contributed by atoms with Crippen LogP contribution in [0.4, 0.5) is 0 Å². The predicted octanol–water partition coefficient (Wildman–Crippen LogP) is 3.74. The van der Waals surface area contributed by atoms with Gasteiger partial charge in [0, 0.05) is 23.3 Å². The molecule has 0 aromatic carbocycles. The van der Waals surface area contributed by atoms with Crippen LogP contribution in [-0.4, -0.2) is 23.0 Å². The highest BCUT2D eigenvalue weighted by atomic mass is 33.5. The van der Waals surface area contributed by atoms with Crippen molar-refractivity contribution in [1.82, 2.24) is 4.31 Å². The van der Waals surface area contributed by atoms with Crippen molar-refractivity contribution in [2.45, 2.75) is 38.5 Å². The van der Waals surface area contributed by atoms with E-state index in [0.29, 0.717) is 0 Å². The van der Waals surface area contributed by atoms with Gasteiger partial charge in [-0.05, 0) is 22.7 Å². The molecule has 1 aliphatic heterocycles. The highest BCUT2D eigenvalue weighted by Crippen LogP contribution is 2.37. The van der Waals surface area contributed by atoms with Crippen molar-refractivity contribution in [2.75, 3.05) is 12.3 Å². The first-order chi connectivity index (χ1) is 6.93. The molecule has 1 rings (SSSR count). The molecule has 0 bridgehead atoms. The van der Waals surface area contributed by atoms with Crippen LogP contribution in [0.1, 0.15) is 38.5 Å². The molecule has 2 nitrogen and oxygen atoms in total. The third-order valence-corrected chi connectivity index (χ3v) is 6.18. The first kappa shape index (κ1) is 12.6. The van der Waals surface area contributed by atoms with Gasteiger partial charge < -0.3 is 0 Å². The molecule has 82 valence electrons. The maximum absolute atomic E-state index is 10.7. The Balaban J connectivity index is 2.20. The number of carbonyl (C=O) groups excluding carboxylic acids is 1. The zero-order chi connectivity index (χ0) is 10.1. The monoisotopic (exact) mass is 251 g/mol. The molecule has 0 aromatic rings. The summed E-state index contributed by atoms with van der Waals surface area (Å²) in [5, 5.41) is 0. The van der Waals surface area contributed by atoms with Crippen LogP contribution >= 0.6 is 31.6 Å². The molecule has 0 radical (unpaired) electrons. The van der Waals surface area contributed by atoms with Gasteiger partial charge in [-0.1, -0.05) is 36.5 Å². The fourth-order valence-electron chi connectivity index (χ4n) is 1.34. The van der Waals surface area contributed by atoms with Gasteiger partial charge in [-0.25, -0.2) is 0 Å². The standard InChI is InChI=1S/C9H17NOS3/c11-9-10-7-5-3-1-2-4-6-8-12-14-13-10/h9H,1-8H2. The normalized spacial score (nSPS) is 22.1. The molecule has 5 heteroatoms. The predicted molar refractivity (Wildman–Crippen MR) is 68.1 cm³/mol. The number of amides is 1. The molecular formula is C9H17NOS3. The molecular weight excluding hydrogens is 234 g/mol.